The quantitative estimate of drug-likeness (QED) is 0.400. The summed E-state index contributed by atoms with van der Waals surface area (Å²) in [4.78, 5) is 6.51. The smallest absolute Gasteiger partial charge is 0.757 e. The minimum absolute atomic E-state index is 0. The summed E-state index contributed by atoms with van der Waals surface area (Å²) in [5.41, 5.74) is 2.72. The molecular weight excluding hydrogens is 413 g/mol. The van der Waals surface area contributed by atoms with Crippen LogP contribution in [0, 0.1) is 5.41 Å². The van der Waals surface area contributed by atoms with E-state index in [0.29, 0.717) is 11.0 Å². The predicted molar refractivity (Wildman–Crippen MR) is 113 cm³/mol. The molecule has 2 aromatic rings. The van der Waals surface area contributed by atoms with Gasteiger partial charge in [0.05, 0.1) is 6.04 Å². The van der Waals surface area contributed by atoms with Gasteiger partial charge in [0.2, 0.25) is 5.95 Å². The maximum absolute atomic E-state index is 12.9. The van der Waals surface area contributed by atoms with E-state index in [-0.39, 0.29) is 45.8 Å². The van der Waals surface area contributed by atoms with Gasteiger partial charge < -0.3 is 22.1 Å². The molecule has 2 aliphatic rings. The number of anilines is 1. The molecule has 150 valence electrons. The largest absolute Gasteiger partial charge is 1.00 e. The van der Waals surface area contributed by atoms with Crippen LogP contribution in [0.25, 0.3) is 0 Å². The fourth-order valence-electron chi connectivity index (χ4n) is 4.28. The average Bonchev–Trinajstić information content (AvgIpc) is 2.95. The summed E-state index contributed by atoms with van der Waals surface area (Å²) in [6.45, 7) is 7.75. The number of nitrogens with one attached hydrogen (secondary N) is 1. The summed E-state index contributed by atoms with van der Waals surface area (Å²) in [5.74, 6) is 0.640. The number of hydrogen-bond donors (Lipinski definition) is 1. The molecule has 1 spiro atoms. The normalized spacial score (nSPS) is 21.5. The van der Waals surface area contributed by atoms with Crippen LogP contribution < -0.4 is 39.2 Å². The molecule has 2 heterocycles. The number of benzene rings is 1. The fraction of sp³-hybridized carbons (Fsp3) is 0.550. The van der Waals surface area contributed by atoms with Crippen molar-refractivity contribution in [3.8, 4) is 0 Å². The van der Waals surface area contributed by atoms with Crippen molar-refractivity contribution in [1.29, 1.82) is 0 Å². The van der Waals surface area contributed by atoms with E-state index < -0.39 is 11.4 Å². The summed E-state index contributed by atoms with van der Waals surface area (Å²) >= 11 is 3.87. The van der Waals surface area contributed by atoms with E-state index in [0.717, 1.165) is 32.4 Å². The SMILES string of the molecule is CC(C)(C)[S+]([O-])N[C@@H]1c2ccccc2CC12CCN(c1ncc([S-])nn1)CC2.[Na+]. The van der Waals surface area contributed by atoms with Gasteiger partial charge in [-0.15, -0.1) is 9.82 Å². The Morgan fingerprint density at radius 1 is 1.21 bits per heavy atom. The Kier molecular flexibility index (Phi) is 7.15. The minimum atomic E-state index is -1.12. The van der Waals surface area contributed by atoms with Gasteiger partial charge in [0.15, 0.2) is 0 Å². The Hall–Kier alpha value is -0.480. The van der Waals surface area contributed by atoms with E-state index in [1.54, 1.807) is 6.20 Å². The molecule has 9 heteroatoms. The van der Waals surface area contributed by atoms with Crippen LogP contribution in [0.3, 0.4) is 0 Å². The van der Waals surface area contributed by atoms with Crippen LogP contribution >= 0.6 is 0 Å². The molecule has 1 fully saturated rings. The molecule has 1 aromatic heterocycles. The van der Waals surface area contributed by atoms with E-state index in [9.17, 15) is 4.55 Å². The molecule has 0 bridgehead atoms. The Morgan fingerprint density at radius 2 is 1.90 bits per heavy atom. The molecule has 1 aliphatic heterocycles. The number of fused-ring (bicyclic) bond motifs is 1. The average molecular weight is 440 g/mol. The van der Waals surface area contributed by atoms with Gasteiger partial charge in [-0.3, -0.25) is 0 Å². The predicted octanol–water partition coefficient (Wildman–Crippen LogP) is -0.283. The van der Waals surface area contributed by atoms with Gasteiger partial charge in [-0.25, -0.2) is 4.98 Å². The molecule has 4 rings (SSSR count). The third-order valence-corrected chi connectivity index (χ3v) is 7.62. The summed E-state index contributed by atoms with van der Waals surface area (Å²) in [5, 5.41) is 8.53. The first-order valence-corrected chi connectivity index (χ1v) is 11.2. The molecule has 1 unspecified atom stereocenters. The summed E-state index contributed by atoms with van der Waals surface area (Å²) in [6.07, 6.45) is 4.57. The summed E-state index contributed by atoms with van der Waals surface area (Å²) in [7, 11) is 0. The van der Waals surface area contributed by atoms with Crippen molar-refractivity contribution >= 4 is 29.9 Å². The van der Waals surface area contributed by atoms with E-state index >= 15 is 0 Å². The number of hydrogen-bond acceptors (Lipinski definition) is 7. The van der Waals surface area contributed by atoms with Crippen LogP contribution in [0.5, 0.6) is 0 Å². The topological polar surface area (TPSA) is 77.0 Å². The van der Waals surface area contributed by atoms with Crippen LogP contribution in [0.2, 0.25) is 0 Å². The molecule has 1 saturated heterocycles. The van der Waals surface area contributed by atoms with Crippen molar-refractivity contribution < 1.29 is 34.1 Å². The Bertz CT molecular complexity index is 838. The van der Waals surface area contributed by atoms with Crippen LogP contribution in [0.1, 0.15) is 50.8 Å². The zero-order valence-corrected chi connectivity index (χ0v) is 21.1. The van der Waals surface area contributed by atoms with E-state index in [1.165, 1.54) is 11.1 Å². The van der Waals surface area contributed by atoms with Gasteiger partial charge >= 0.3 is 29.6 Å². The van der Waals surface area contributed by atoms with Gasteiger partial charge in [0.1, 0.15) is 4.75 Å². The van der Waals surface area contributed by atoms with Crippen molar-refractivity contribution in [3.05, 3.63) is 41.6 Å². The van der Waals surface area contributed by atoms with Crippen molar-refractivity contribution in [2.45, 2.75) is 55.8 Å². The zero-order valence-electron chi connectivity index (χ0n) is 17.5. The number of rotatable bonds is 3. The third-order valence-electron chi connectivity index (χ3n) is 5.87. The zero-order chi connectivity index (χ0) is 19.9. The van der Waals surface area contributed by atoms with Crippen LogP contribution in [0.15, 0.2) is 35.5 Å². The van der Waals surface area contributed by atoms with Crippen molar-refractivity contribution in [1.82, 2.24) is 19.9 Å². The second-order valence-electron chi connectivity index (χ2n) is 8.75. The van der Waals surface area contributed by atoms with Crippen molar-refractivity contribution in [2.24, 2.45) is 5.41 Å². The molecule has 1 aromatic carbocycles. The summed E-state index contributed by atoms with van der Waals surface area (Å²) < 4.78 is 16.1. The molecular formula is C20H26N5NaOS2. The first-order valence-electron chi connectivity index (χ1n) is 9.66. The van der Waals surface area contributed by atoms with Gasteiger partial charge in [-0.1, -0.05) is 24.3 Å². The van der Waals surface area contributed by atoms with Crippen molar-refractivity contribution in [2.75, 3.05) is 18.0 Å². The van der Waals surface area contributed by atoms with Gasteiger partial charge in [-0.05, 0) is 56.2 Å². The van der Waals surface area contributed by atoms with Gasteiger partial charge in [-0.2, -0.15) is 5.10 Å². The maximum Gasteiger partial charge on any atom is 1.00 e. The molecule has 6 nitrogen and oxygen atoms in total. The van der Waals surface area contributed by atoms with E-state index in [2.05, 4.69) is 49.1 Å². The second kappa shape index (κ2) is 8.94. The monoisotopic (exact) mass is 439 g/mol. The molecule has 2 atom stereocenters. The second-order valence-corrected chi connectivity index (χ2v) is 11.2. The van der Waals surface area contributed by atoms with Crippen molar-refractivity contribution in [3.63, 3.8) is 0 Å². The molecule has 29 heavy (non-hydrogen) atoms. The number of aromatic nitrogens is 3. The number of piperidine rings is 1. The Labute approximate surface area is 203 Å². The molecule has 0 saturated carbocycles. The number of nitrogens with zero attached hydrogens (tertiary/aromatic N) is 4. The minimum Gasteiger partial charge on any atom is -0.757 e. The van der Waals surface area contributed by atoms with Crippen LogP contribution in [-0.2, 0) is 30.4 Å². The Morgan fingerprint density at radius 3 is 2.52 bits per heavy atom. The van der Waals surface area contributed by atoms with Gasteiger partial charge in [0.25, 0.3) is 0 Å². The van der Waals surface area contributed by atoms with Crippen LogP contribution in [0.4, 0.5) is 5.95 Å². The van der Waals surface area contributed by atoms with Gasteiger partial charge in [0, 0.05) is 36.1 Å². The molecule has 0 amide bonds. The molecule has 1 N–H and O–H groups in total. The Balaban J connectivity index is 0.00000240. The fourth-order valence-corrected chi connectivity index (χ4v) is 5.32. The summed E-state index contributed by atoms with van der Waals surface area (Å²) in [6, 6.07) is 8.67. The first kappa shape index (κ1) is 23.2. The first-order chi connectivity index (χ1) is 13.3. The third kappa shape index (κ3) is 4.74. The maximum atomic E-state index is 12.9. The van der Waals surface area contributed by atoms with Crippen LogP contribution in [-0.4, -0.2) is 37.6 Å². The molecule has 1 aliphatic carbocycles. The van der Waals surface area contributed by atoms with E-state index in [4.69, 9.17) is 12.6 Å². The van der Waals surface area contributed by atoms with E-state index in [1.807, 2.05) is 20.8 Å². The molecule has 0 radical (unpaired) electrons. The standard InChI is InChI=1S/C20H27N5OS2.Na/c1-19(2,3)28(26)24-17-15-7-5-4-6-14(15)12-20(17)8-10-25(11-9-20)18-21-13-16(27)22-23-18;/h4-7,13,17,24H,8-12H2,1-3H3,(H,22,27);/q;+1/p-1/t17-,28?;/m1./s1.